The van der Waals surface area contributed by atoms with E-state index in [0.717, 1.165) is 29.1 Å². The Labute approximate surface area is 145 Å². The second-order valence-corrected chi connectivity index (χ2v) is 7.77. The summed E-state index contributed by atoms with van der Waals surface area (Å²) in [7, 11) is 0. The maximum atomic E-state index is 12.4. The lowest BCUT2D eigenvalue weighted by atomic mass is 9.90. The number of rotatable bonds is 4. The Kier molecular flexibility index (Phi) is 4.85. The molecule has 1 amide bonds. The number of thiophene rings is 1. The molecule has 5 nitrogen and oxygen atoms in total. The molecule has 24 heavy (non-hydrogen) atoms. The molecule has 0 aromatic carbocycles. The van der Waals surface area contributed by atoms with Crippen molar-refractivity contribution in [2.75, 3.05) is 6.54 Å². The van der Waals surface area contributed by atoms with Crippen molar-refractivity contribution in [2.24, 2.45) is 5.92 Å². The van der Waals surface area contributed by atoms with E-state index in [9.17, 15) is 9.59 Å². The van der Waals surface area contributed by atoms with Crippen LogP contribution in [0.25, 0.3) is 0 Å². The van der Waals surface area contributed by atoms with Crippen molar-refractivity contribution in [3.63, 3.8) is 0 Å². The molecule has 0 aliphatic heterocycles. The van der Waals surface area contributed by atoms with E-state index in [0.29, 0.717) is 19.0 Å². The summed E-state index contributed by atoms with van der Waals surface area (Å²) in [5.41, 5.74) is 2.65. The number of nitrogens with zero attached hydrogens (tertiary/aromatic N) is 2. The zero-order valence-corrected chi connectivity index (χ0v) is 15.2. The average molecular weight is 345 g/mol. The average Bonchev–Trinajstić information content (AvgIpc) is 2.92. The number of carbonyl (C=O) groups excluding carboxylic acids is 1. The number of hydrogen-bond donors (Lipinski definition) is 1. The molecule has 2 aromatic rings. The summed E-state index contributed by atoms with van der Waals surface area (Å²) in [4.78, 5) is 30.3. The fraction of sp³-hybridized carbons (Fsp3) is 0.500. The molecule has 0 radical (unpaired) electrons. The Bertz CT molecular complexity index is 822. The molecule has 128 valence electrons. The highest BCUT2D eigenvalue weighted by atomic mass is 32.1. The van der Waals surface area contributed by atoms with Crippen LogP contribution >= 0.6 is 11.3 Å². The van der Waals surface area contributed by atoms with Crippen molar-refractivity contribution in [3.8, 4) is 0 Å². The zero-order chi connectivity index (χ0) is 17.3. The number of carbonyl (C=O) groups is 1. The molecular formula is C18H23N3O2S. The molecule has 0 spiro atoms. The summed E-state index contributed by atoms with van der Waals surface area (Å²) in [5.74, 6) is 0.653. The topological polar surface area (TPSA) is 64.0 Å². The van der Waals surface area contributed by atoms with E-state index in [2.05, 4.69) is 17.2 Å². The molecule has 6 heteroatoms. The van der Waals surface area contributed by atoms with E-state index >= 15 is 0 Å². The molecule has 2 heterocycles. The summed E-state index contributed by atoms with van der Waals surface area (Å²) in [6.07, 6.45) is 3.36. The molecule has 1 unspecified atom stereocenters. The number of fused-ring (bicyclic) bond motifs is 1. The normalized spacial score (nSPS) is 16.7. The first-order valence-electron chi connectivity index (χ1n) is 8.39. The van der Waals surface area contributed by atoms with Crippen molar-refractivity contribution in [3.05, 3.63) is 49.3 Å². The van der Waals surface area contributed by atoms with Gasteiger partial charge < -0.3 is 5.32 Å². The van der Waals surface area contributed by atoms with Gasteiger partial charge in [0.1, 0.15) is 0 Å². The fourth-order valence-electron chi connectivity index (χ4n) is 3.23. The molecule has 2 aromatic heterocycles. The predicted octanol–water partition coefficient (Wildman–Crippen LogP) is 2.48. The van der Waals surface area contributed by atoms with Crippen LogP contribution in [-0.2, 0) is 19.4 Å². The first-order chi connectivity index (χ1) is 11.4. The molecule has 1 N–H and O–H groups in total. The fourth-order valence-corrected chi connectivity index (χ4v) is 4.36. The van der Waals surface area contributed by atoms with Crippen molar-refractivity contribution >= 4 is 17.2 Å². The van der Waals surface area contributed by atoms with Crippen LogP contribution in [-0.4, -0.2) is 22.0 Å². The van der Waals surface area contributed by atoms with Crippen LogP contribution in [0.1, 0.15) is 44.8 Å². The second kappa shape index (κ2) is 6.89. The van der Waals surface area contributed by atoms with Gasteiger partial charge >= 0.3 is 5.69 Å². The van der Waals surface area contributed by atoms with Crippen molar-refractivity contribution in [1.82, 2.24) is 14.9 Å². The standard InChI is InChI=1S/C18H23N3O2S/c1-11-4-5-15-14(8-11)10-16(24-15)17(22)19-6-7-21-13(3)9-12(2)20-18(21)23/h9-11H,4-8H2,1-3H3,(H,19,22). The SMILES string of the molecule is Cc1cc(C)n(CCNC(=O)c2cc3c(s2)CCC(C)C3)c(=O)n1. The third-order valence-corrected chi connectivity index (χ3v) is 5.76. The minimum atomic E-state index is -0.262. The van der Waals surface area contributed by atoms with Gasteiger partial charge in [-0.3, -0.25) is 9.36 Å². The minimum Gasteiger partial charge on any atom is -0.350 e. The van der Waals surface area contributed by atoms with Crippen LogP contribution in [0.15, 0.2) is 16.9 Å². The Morgan fingerprint density at radius 1 is 1.42 bits per heavy atom. The van der Waals surface area contributed by atoms with Gasteiger partial charge in [0.25, 0.3) is 5.91 Å². The summed E-state index contributed by atoms with van der Waals surface area (Å²) < 4.78 is 1.59. The highest BCUT2D eigenvalue weighted by Gasteiger charge is 2.20. The van der Waals surface area contributed by atoms with E-state index in [1.807, 2.05) is 19.1 Å². The monoisotopic (exact) mass is 345 g/mol. The summed E-state index contributed by atoms with van der Waals surface area (Å²) in [6.45, 7) is 6.80. The summed E-state index contributed by atoms with van der Waals surface area (Å²) >= 11 is 1.61. The Morgan fingerprint density at radius 3 is 2.96 bits per heavy atom. The van der Waals surface area contributed by atoms with Crippen molar-refractivity contribution in [2.45, 2.75) is 46.6 Å². The number of aryl methyl sites for hydroxylation is 3. The van der Waals surface area contributed by atoms with E-state index < -0.39 is 0 Å². The molecule has 0 saturated heterocycles. The third kappa shape index (κ3) is 3.59. The van der Waals surface area contributed by atoms with Crippen LogP contribution in [0, 0.1) is 19.8 Å². The highest BCUT2D eigenvalue weighted by molar-refractivity contribution is 7.14. The highest BCUT2D eigenvalue weighted by Crippen LogP contribution is 2.32. The van der Waals surface area contributed by atoms with Crippen LogP contribution < -0.4 is 11.0 Å². The van der Waals surface area contributed by atoms with E-state index in [-0.39, 0.29) is 11.6 Å². The maximum absolute atomic E-state index is 12.4. The third-order valence-electron chi connectivity index (χ3n) is 4.52. The van der Waals surface area contributed by atoms with Crippen LogP contribution in [0.5, 0.6) is 0 Å². The first kappa shape index (κ1) is 16.9. The van der Waals surface area contributed by atoms with Gasteiger partial charge in [-0.25, -0.2) is 4.79 Å². The molecule has 1 atom stereocenters. The predicted molar refractivity (Wildman–Crippen MR) is 95.8 cm³/mol. The molecule has 1 aliphatic rings. The lowest BCUT2D eigenvalue weighted by molar-refractivity contribution is 0.0956. The maximum Gasteiger partial charge on any atom is 0.348 e. The molecule has 0 saturated carbocycles. The summed E-state index contributed by atoms with van der Waals surface area (Å²) in [5, 5.41) is 2.92. The Morgan fingerprint density at radius 2 is 2.21 bits per heavy atom. The van der Waals surface area contributed by atoms with Gasteiger partial charge in [0.2, 0.25) is 0 Å². The van der Waals surface area contributed by atoms with Gasteiger partial charge in [0.15, 0.2) is 0 Å². The second-order valence-electron chi connectivity index (χ2n) is 6.64. The van der Waals surface area contributed by atoms with Gasteiger partial charge in [0.05, 0.1) is 4.88 Å². The van der Waals surface area contributed by atoms with E-state index in [4.69, 9.17) is 0 Å². The number of amides is 1. The molecular weight excluding hydrogens is 322 g/mol. The number of hydrogen-bond acceptors (Lipinski definition) is 4. The van der Waals surface area contributed by atoms with Crippen molar-refractivity contribution in [1.29, 1.82) is 0 Å². The lowest BCUT2D eigenvalue weighted by Crippen LogP contribution is -2.32. The summed E-state index contributed by atoms with van der Waals surface area (Å²) in [6, 6.07) is 3.91. The molecule has 0 fully saturated rings. The quantitative estimate of drug-likeness (QED) is 0.926. The largest absolute Gasteiger partial charge is 0.350 e. The van der Waals surface area contributed by atoms with Gasteiger partial charge in [-0.1, -0.05) is 6.92 Å². The zero-order valence-electron chi connectivity index (χ0n) is 14.4. The van der Waals surface area contributed by atoms with Crippen LogP contribution in [0.3, 0.4) is 0 Å². The van der Waals surface area contributed by atoms with Gasteiger partial charge in [0, 0.05) is 29.4 Å². The first-order valence-corrected chi connectivity index (χ1v) is 9.20. The van der Waals surface area contributed by atoms with Crippen molar-refractivity contribution < 1.29 is 4.79 Å². The Hall–Kier alpha value is -1.95. The van der Waals surface area contributed by atoms with Gasteiger partial charge in [-0.05, 0) is 56.7 Å². The smallest absolute Gasteiger partial charge is 0.348 e. The Balaban J connectivity index is 1.62. The molecule has 3 rings (SSSR count). The van der Waals surface area contributed by atoms with Crippen LogP contribution in [0.4, 0.5) is 0 Å². The van der Waals surface area contributed by atoms with E-state index in [1.54, 1.807) is 22.8 Å². The number of nitrogens with one attached hydrogen (secondary N) is 1. The molecule has 0 bridgehead atoms. The lowest BCUT2D eigenvalue weighted by Gasteiger charge is -2.16. The van der Waals surface area contributed by atoms with Crippen LogP contribution in [0.2, 0.25) is 0 Å². The van der Waals surface area contributed by atoms with Gasteiger partial charge in [-0.15, -0.1) is 11.3 Å². The minimum absolute atomic E-state index is 0.0483. The molecule has 1 aliphatic carbocycles. The number of aromatic nitrogens is 2. The van der Waals surface area contributed by atoms with Gasteiger partial charge in [-0.2, -0.15) is 4.98 Å². The van der Waals surface area contributed by atoms with E-state index in [1.165, 1.54) is 16.9 Å².